The molecule has 0 bridgehead atoms. The second kappa shape index (κ2) is 7.20. The monoisotopic (exact) mass is 412 g/mol. The molecule has 3 atom stereocenters. The molecule has 0 aliphatic carbocycles. The zero-order chi connectivity index (χ0) is 20.0. The summed E-state index contributed by atoms with van der Waals surface area (Å²) in [6, 6.07) is 0.322. The van der Waals surface area contributed by atoms with Crippen molar-refractivity contribution in [3.8, 4) is 11.9 Å². The Bertz CT molecular complexity index is 675. The summed E-state index contributed by atoms with van der Waals surface area (Å²) < 4.78 is 24.1. The van der Waals surface area contributed by atoms with Gasteiger partial charge in [-0.15, -0.1) is 11.8 Å². The summed E-state index contributed by atoms with van der Waals surface area (Å²) in [6.45, 7) is 14.3. The zero-order valence-electron chi connectivity index (χ0n) is 17.7. The number of ether oxygens (including phenoxy) is 2. The molecule has 0 aromatic carbocycles. The molecule has 27 heavy (non-hydrogen) atoms. The Kier molecular flexibility index (Phi) is 5.57. The van der Waals surface area contributed by atoms with Crippen molar-refractivity contribution in [3.63, 3.8) is 0 Å². The van der Waals surface area contributed by atoms with Crippen molar-refractivity contribution < 1.29 is 18.3 Å². The third-order valence-corrected chi connectivity index (χ3v) is 12.1. The minimum Gasteiger partial charge on any atom is -0.481 e. The van der Waals surface area contributed by atoms with Crippen molar-refractivity contribution in [2.75, 3.05) is 20.8 Å². The van der Waals surface area contributed by atoms with Crippen LogP contribution < -0.4 is 9.47 Å². The molecule has 3 rings (SSSR count). The maximum Gasteiger partial charge on any atom is 0.349 e. The standard InChI is InChI=1S/C19H32N2O4SSi/c1-18(2,3)27(19(4,5)6)24-11-15-13(25-27)9-14(26-15)12-10-20-17(23-8)21-16(12)22-7/h10,13-15H,9,11H2,1-8H3. The fraction of sp³-hybridized carbons (Fsp3) is 0.789. The largest absolute Gasteiger partial charge is 0.481 e. The smallest absolute Gasteiger partial charge is 0.349 e. The summed E-state index contributed by atoms with van der Waals surface area (Å²) in [5.41, 5.74) is 1.00. The fourth-order valence-electron chi connectivity index (χ4n) is 4.39. The number of hydrogen-bond acceptors (Lipinski definition) is 7. The molecule has 2 aliphatic heterocycles. The molecule has 2 saturated heterocycles. The first-order valence-electron chi connectivity index (χ1n) is 9.44. The number of methoxy groups -OCH3 is 2. The summed E-state index contributed by atoms with van der Waals surface area (Å²) in [7, 11) is 0.756. The molecule has 0 spiro atoms. The maximum atomic E-state index is 6.89. The van der Waals surface area contributed by atoms with Crippen LogP contribution in [0.2, 0.25) is 10.1 Å². The van der Waals surface area contributed by atoms with Gasteiger partial charge >= 0.3 is 14.6 Å². The molecule has 0 amide bonds. The summed E-state index contributed by atoms with van der Waals surface area (Å²) in [6.07, 6.45) is 2.93. The molecule has 3 heterocycles. The second-order valence-electron chi connectivity index (χ2n) is 9.30. The Labute approximate surface area is 168 Å². The first kappa shape index (κ1) is 20.9. The molecular formula is C19H32N2O4SSi. The quantitative estimate of drug-likeness (QED) is 0.677. The third-order valence-electron chi connectivity index (χ3n) is 5.42. The Morgan fingerprint density at radius 1 is 1.11 bits per heavy atom. The van der Waals surface area contributed by atoms with Gasteiger partial charge in [0, 0.05) is 27.1 Å². The Hall–Kier alpha value is -0.833. The average molecular weight is 413 g/mol. The lowest BCUT2D eigenvalue weighted by Crippen LogP contribution is -2.63. The summed E-state index contributed by atoms with van der Waals surface area (Å²) in [5.74, 6) is 0.578. The van der Waals surface area contributed by atoms with E-state index in [1.54, 1.807) is 14.2 Å². The van der Waals surface area contributed by atoms with Crippen molar-refractivity contribution >= 4 is 20.3 Å². The summed E-state index contributed by atoms with van der Waals surface area (Å²) in [5, 5.41) is 0.557. The SMILES string of the molecule is COc1ncc(C2CC3O[Si](C(C)(C)C)(C(C)(C)C)OCC3S2)c(OC)n1. The molecule has 2 aliphatic rings. The Morgan fingerprint density at radius 3 is 2.33 bits per heavy atom. The van der Waals surface area contributed by atoms with Crippen molar-refractivity contribution in [2.24, 2.45) is 0 Å². The van der Waals surface area contributed by atoms with Crippen LogP contribution in [-0.4, -0.2) is 50.7 Å². The van der Waals surface area contributed by atoms with Gasteiger partial charge in [-0.25, -0.2) is 4.98 Å². The number of thioether (sulfide) groups is 1. The van der Waals surface area contributed by atoms with Gasteiger partial charge in [0.2, 0.25) is 5.88 Å². The van der Waals surface area contributed by atoms with Gasteiger partial charge in [-0.05, 0) is 6.42 Å². The van der Waals surface area contributed by atoms with Gasteiger partial charge in [0.1, 0.15) is 0 Å². The van der Waals surface area contributed by atoms with Crippen LogP contribution in [-0.2, 0) is 8.85 Å². The lowest BCUT2D eigenvalue weighted by atomic mass is 10.1. The Balaban J connectivity index is 1.86. The van der Waals surface area contributed by atoms with Crippen LogP contribution in [0, 0.1) is 0 Å². The molecule has 6 nitrogen and oxygen atoms in total. The third kappa shape index (κ3) is 3.61. The minimum absolute atomic E-state index is 0.000112. The molecule has 0 saturated carbocycles. The van der Waals surface area contributed by atoms with Gasteiger partial charge in [-0.2, -0.15) is 4.98 Å². The number of hydrogen-bond donors (Lipinski definition) is 0. The van der Waals surface area contributed by atoms with Gasteiger partial charge in [0.05, 0.1) is 32.2 Å². The van der Waals surface area contributed by atoms with Crippen LogP contribution in [0.15, 0.2) is 6.20 Å². The van der Waals surface area contributed by atoms with E-state index in [1.807, 2.05) is 18.0 Å². The fourth-order valence-corrected chi connectivity index (χ4v) is 11.1. The van der Waals surface area contributed by atoms with Gasteiger partial charge in [0.25, 0.3) is 0 Å². The molecule has 0 radical (unpaired) electrons. The van der Waals surface area contributed by atoms with Crippen molar-refractivity contribution in [2.45, 2.75) is 74.6 Å². The predicted octanol–water partition coefficient (Wildman–Crippen LogP) is 4.50. The number of aromatic nitrogens is 2. The van der Waals surface area contributed by atoms with Crippen LogP contribution >= 0.6 is 11.8 Å². The summed E-state index contributed by atoms with van der Waals surface area (Å²) in [4.78, 5) is 8.63. The van der Waals surface area contributed by atoms with Crippen molar-refractivity contribution in [3.05, 3.63) is 11.8 Å². The number of rotatable bonds is 3. The highest BCUT2D eigenvalue weighted by molar-refractivity contribution is 8.00. The number of nitrogens with zero attached hydrogens (tertiary/aromatic N) is 2. The second-order valence-corrected chi connectivity index (χ2v) is 15.5. The molecule has 1 aromatic heterocycles. The van der Waals surface area contributed by atoms with E-state index in [-0.39, 0.29) is 21.4 Å². The molecule has 3 unspecified atom stereocenters. The lowest BCUT2D eigenvalue weighted by Gasteiger charge is -2.53. The highest BCUT2D eigenvalue weighted by Gasteiger charge is 2.63. The molecule has 1 aromatic rings. The van der Waals surface area contributed by atoms with E-state index in [2.05, 4.69) is 51.5 Å². The highest BCUT2D eigenvalue weighted by Crippen LogP contribution is 2.58. The van der Waals surface area contributed by atoms with Crippen LogP contribution in [0.1, 0.15) is 58.8 Å². The van der Waals surface area contributed by atoms with Crippen LogP contribution in [0.4, 0.5) is 0 Å². The first-order valence-corrected chi connectivity index (χ1v) is 12.2. The normalized spacial score (nSPS) is 27.9. The van der Waals surface area contributed by atoms with E-state index in [9.17, 15) is 0 Å². The van der Waals surface area contributed by atoms with E-state index in [0.717, 1.165) is 18.6 Å². The van der Waals surface area contributed by atoms with Crippen LogP contribution in [0.25, 0.3) is 0 Å². The van der Waals surface area contributed by atoms with E-state index < -0.39 is 8.56 Å². The zero-order valence-corrected chi connectivity index (χ0v) is 19.5. The first-order chi connectivity index (χ1) is 12.5. The van der Waals surface area contributed by atoms with Gasteiger partial charge < -0.3 is 18.3 Å². The van der Waals surface area contributed by atoms with Crippen LogP contribution in [0.3, 0.4) is 0 Å². The molecule has 152 valence electrons. The average Bonchev–Trinajstić information content (AvgIpc) is 3.01. The molecule has 0 N–H and O–H groups in total. The van der Waals surface area contributed by atoms with E-state index in [4.69, 9.17) is 18.3 Å². The van der Waals surface area contributed by atoms with Gasteiger partial charge in [-0.1, -0.05) is 41.5 Å². The highest BCUT2D eigenvalue weighted by atomic mass is 32.2. The van der Waals surface area contributed by atoms with Gasteiger partial charge in [-0.3, -0.25) is 0 Å². The van der Waals surface area contributed by atoms with Crippen molar-refractivity contribution in [1.29, 1.82) is 0 Å². The van der Waals surface area contributed by atoms with Crippen molar-refractivity contribution in [1.82, 2.24) is 9.97 Å². The summed E-state index contributed by atoms with van der Waals surface area (Å²) >= 11 is 1.88. The van der Waals surface area contributed by atoms with Gasteiger partial charge in [0.15, 0.2) is 0 Å². The number of fused-ring (bicyclic) bond motifs is 1. The molecular weight excluding hydrogens is 380 g/mol. The minimum atomic E-state index is -2.43. The Morgan fingerprint density at radius 2 is 1.78 bits per heavy atom. The topological polar surface area (TPSA) is 62.7 Å². The molecule has 8 heteroatoms. The maximum absolute atomic E-state index is 6.89. The molecule has 2 fully saturated rings. The predicted molar refractivity (Wildman–Crippen MR) is 110 cm³/mol. The van der Waals surface area contributed by atoms with E-state index in [1.165, 1.54) is 0 Å². The van der Waals surface area contributed by atoms with E-state index >= 15 is 0 Å². The van der Waals surface area contributed by atoms with Crippen LogP contribution in [0.5, 0.6) is 11.9 Å². The lowest BCUT2D eigenvalue weighted by molar-refractivity contribution is 0.0274. The van der Waals surface area contributed by atoms with E-state index in [0.29, 0.717) is 17.1 Å².